The van der Waals surface area contributed by atoms with Crippen LogP contribution in [0.4, 0.5) is 4.79 Å². The van der Waals surface area contributed by atoms with Gasteiger partial charge in [0.1, 0.15) is 4.32 Å². The lowest BCUT2D eigenvalue weighted by molar-refractivity contribution is 0.158. The van der Waals surface area contributed by atoms with Crippen LogP contribution in [0.1, 0.15) is 13.8 Å². The van der Waals surface area contributed by atoms with Crippen molar-refractivity contribution in [2.45, 2.75) is 13.8 Å². The molecule has 0 unspecified atom stereocenters. The molecule has 0 rings (SSSR count). The molecule has 1 N–H and O–H groups in total. The molecule has 3 nitrogen and oxygen atoms in total. The highest BCUT2D eigenvalue weighted by Gasteiger charge is 2.02. The molecule has 0 heterocycles. The van der Waals surface area contributed by atoms with Gasteiger partial charge in [0.05, 0.1) is 6.61 Å². The van der Waals surface area contributed by atoms with E-state index in [1.54, 1.807) is 6.92 Å². The van der Waals surface area contributed by atoms with Crippen LogP contribution < -0.4 is 5.32 Å². The van der Waals surface area contributed by atoms with Gasteiger partial charge in [0.25, 0.3) is 0 Å². The zero-order valence-corrected chi connectivity index (χ0v) is 8.18. The number of hydrogen-bond donors (Lipinski definition) is 1. The first-order valence-corrected chi connectivity index (χ1v) is 4.70. The molecule has 0 aliphatic carbocycles. The molecule has 0 fully saturated rings. The molecule has 11 heavy (non-hydrogen) atoms. The van der Waals surface area contributed by atoms with E-state index in [0.717, 1.165) is 5.75 Å². The largest absolute Gasteiger partial charge is 0.450 e. The van der Waals surface area contributed by atoms with Crippen molar-refractivity contribution in [3.8, 4) is 0 Å². The highest BCUT2D eigenvalue weighted by atomic mass is 32.2. The molecule has 0 aliphatic rings. The molecule has 0 aliphatic heterocycles. The lowest BCUT2D eigenvalue weighted by Gasteiger charge is -2.03. The minimum Gasteiger partial charge on any atom is -0.450 e. The summed E-state index contributed by atoms with van der Waals surface area (Å²) in [6, 6.07) is 0. The number of hydrogen-bond acceptors (Lipinski definition) is 4. The third-order valence-electron chi connectivity index (χ3n) is 0.755. The second-order valence-electron chi connectivity index (χ2n) is 1.57. The van der Waals surface area contributed by atoms with Crippen LogP contribution in [0.25, 0.3) is 0 Å². The van der Waals surface area contributed by atoms with Crippen molar-refractivity contribution in [2.24, 2.45) is 0 Å². The highest BCUT2D eigenvalue weighted by Crippen LogP contribution is 1.99. The van der Waals surface area contributed by atoms with E-state index in [9.17, 15) is 4.79 Å². The number of carbonyl (C=O) groups is 1. The van der Waals surface area contributed by atoms with Crippen molar-refractivity contribution < 1.29 is 9.53 Å². The first-order valence-electron chi connectivity index (χ1n) is 3.31. The van der Waals surface area contributed by atoms with Crippen LogP contribution in [-0.2, 0) is 4.74 Å². The van der Waals surface area contributed by atoms with Crippen LogP contribution in [0.5, 0.6) is 0 Å². The Morgan fingerprint density at radius 3 is 2.73 bits per heavy atom. The smallest absolute Gasteiger partial charge is 0.412 e. The summed E-state index contributed by atoms with van der Waals surface area (Å²) in [5, 5.41) is 2.42. The Balaban J connectivity index is 3.49. The Morgan fingerprint density at radius 2 is 2.27 bits per heavy atom. The van der Waals surface area contributed by atoms with Gasteiger partial charge >= 0.3 is 6.09 Å². The third-order valence-corrected chi connectivity index (χ3v) is 1.86. The molecule has 0 spiro atoms. The summed E-state index contributed by atoms with van der Waals surface area (Å²) in [5.74, 6) is 0.852. The molecule has 0 saturated heterocycles. The normalized spacial score (nSPS) is 8.91. The van der Waals surface area contributed by atoms with Crippen LogP contribution in [0.15, 0.2) is 0 Å². The summed E-state index contributed by atoms with van der Waals surface area (Å²) in [7, 11) is 0. The van der Waals surface area contributed by atoms with E-state index >= 15 is 0 Å². The van der Waals surface area contributed by atoms with E-state index in [1.807, 2.05) is 6.92 Å². The van der Waals surface area contributed by atoms with Gasteiger partial charge in [-0.05, 0) is 12.7 Å². The Bertz CT molecular complexity index is 134. The minimum atomic E-state index is -0.474. The zero-order chi connectivity index (χ0) is 8.69. The maximum absolute atomic E-state index is 10.7. The molecule has 0 atom stereocenters. The van der Waals surface area contributed by atoms with Crippen molar-refractivity contribution in [1.29, 1.82) is 0 Å². The fourth-order valence-corrected chi connectivity index (χ4v) is 1.27. The number of carbonyl (C=O) groups excluding carboxylic acids is 1. The molecule has 0 aromatic rings. The van der Waals surface area contributed by atoms with Crippen LogP contribution in [0.3, 0.4) is 0 Å². The standard InChI is InChI=1S/C6H11NO2S2/c1-3-9-5(8)7-6(10)11-4-2/h3-4H2,1-2H3,(H,7,8,10). The van der Waals surface area contributed by atoms with Gasteiger partial charge in [-0.15, -0.1) is 0 Å². The van der Waals surface area contributed by atoms with Gasteiger partial charge in [-0.25, -0.2) is 4.79 Å². The van der Waals surface area contributed by atoms with Crippen LogP contribution in [-0.4, -0.2) is 22.8 Å². The number of alkyl carbamates (subject to hydrolysis) is 1. The van der Waals surface area contributed by atoms with Crippen molar-refractivity contribution >= 4 is 34.4 Å². The molecular formula is C6H11NO2S2. The number of amides is 1. The van der Waals surface area contributed by atoms with Gasteiger partial charge in [0, 0.05) is 0 Å². The maximum Gasteiger partial charge on any atom is 0.412 e. The predicted octanol–water partition coefficient (Wildman–Crippen LogP) is 1.77. The van der Waals surface area contributed by atoms with Crippen LogP contribution in [0.2, 0.25) is 0 Å². The number of thioether (sulfide) groups is 1. The molecule has 0 aromatic carbocycles. The van der Waals surface area contributed by atoms with Gasteiger partial charge in [0.2, 0.25) is 0 Å². The van der Waals surface area contributed by atoms with E-state index < -0.39 is 6.09 Å². The fraction of sp³-hybridized carbons (Fsp3) is 0.667. The minimum absolute atomic E-state index is 0.366. The van der Waals surface area contributed by atoms with E-state index in [4.69, 9.17) is 12.2 Å². The van der Waals surface area contributed by atoms with Crippen molar-refractivity contribution in [3.05, 3.63) is 0 Å². The Kier molecular flexibility index (Phi) is 6.25. The fourth-order valence-electron chi connectivity index (χ4n) is 0.418. The summed E-state index contributed by atoms with van der Waals surface area (Å²) in [6.45, 7) is 4.07. The van der Waals surface area contributed by atoms with Gasteiger partial charge in [-0.3, -0.25) is 5.32 Å². The molecular weight excluding hydrogens is 182 g/mol. The summed E-state index contributed by atoms with van der Waals surface area (Å²) in [6.07, 6.45) is -0.474. The number of ether oxygens (including phenoxy) is 1. The van der Waals surface area contributed by atoms with Gasteiger partial charge < -0.3 is 4.74 Å². The van der Waals surface area contributed by atoms with Gasteiger partial charge in [0.15, 0.2) is 0 Å². The molecule has 0 radical (unpaired) electrons. The number of thiocarbonyl (C=S) groups is 1. The van der Waals surface area contributed by atoms with Crippen molar-refractivity contribution in [3.63, 3.8) is 0 Å². The van der Waals surface area contributed by atoms with Crippen LogP contribution in [0, 0.1) is 0 Å². The molecule has 64 valence electrons. The van der Waals surface area contributed by atoms with E-state index in [1.165, 1.54) is 11.8 Å². The van der Waals surface area contributed by atoms with E-state index in [0.29, 0.717) is 10.9 Å². The second kappa shape index (κ2) is 6.42. The molecule has 0 saturated carbocycles. The highest BCUT2D eigenvalue weighted by molar-refractivity contribution is 8.23. The third kappa shape index (κ3) is 6.12. The number of rotatable bonds is 2. The lowest BCUT2D eigenvalue weighted by Crippen LogP contribution is -2.27. The summed E-state index contributed by atoms with van der Waals surface area (Å²) in [4.78, 5) is 10.7. The quantitative estimate of drug-likeness (QED) is 0.678. The topological polar surface area (TPSA) is 38.3 Å². The average Bonchev–Trinajstić information content (AvgIpc) is 1.87. The number of nitrogens with one attached hydrogen (secondary N) is 1. The maximum atomic E-state index is 10.7. The Labute approximate surface area is 75.9 Å². The van der Waals surface area contributed by atoms with Crippen LogP contribution >= 0.6 is 24.0 Å². The first kappa shape index (κ1) is 10.7. The first-order chi connectivity index (χ1) is 5.20. The molecule has 1 amide bonds. The summed E-state index contributed by atoms with van der Waals surface area (Å²) >= 11 is 6.20. The Hall–Kier alpha value is -0.290. The summed E-state index contributed by atoms with van der Waals surface area (Å²) < 4.78 is 5.07. The SMILES string of the molecule is CCOC(=O)NC(=S)SCC. The van der Waals surface area contributed by atoms with E-state index in [-0.39, 0.29) is 0 Å². The van der Waals surface area contributed by atoms with Crippen molar-refractivity contribution in [1.82, 2.24) is 5.32 Å². The summed E-state index contributed by atoms with van der Waals surface area (Å²) in [5.41, 5.74) is 0. The Morgan fingerprint density at radius 1 is 1.64 bits per heavy atom. The average molecular weight is 193 g/mol. The lowest BCUT2D eigenvalue weighted by atomic mass is 10.9. The van der Waals surface area contributed by atoms with Gasteiger partial charge in [-0.2, -0.15) is 0 Å². The predicted molar refractivity (Wildman–Crippen MR) is 50.9 cm³/mol. The molecule has 0 bridgehead atoms. The van der Waals surface area contributed by atoms with Crippen molar-refractivity contribution in [2.75, 3.05) is 12.4 Å². The zero-order valence-electron chi connectivity index (χ0n) is 6.55. The molecule has 0 aromatic heterocycles. The van der Waals surface area contributed by atoms with Gasteiger partial charge in [-0.1, -0.05) is 30.9 Å². The monoisotopic (exact) mass is 193 g/mol. The van der Waals surface area contributed by atoms with E-state index in [2.05, 4.69) is 10.1 Å². The molecule has 5 heteroatoms. The second-order valence-corrected chi connectivity index (χ2v) is 3.51.